The van der Waals surface area contributed by atoms with E-state index in [1.165, 1.54) is 30.5 Å². The number of ether oxygens (including phenoxy) is 1. The standard InChI is InChI=1S/C26H35N7O/c1-30(23-8-2-5-20-6-3-10-27-25(20)23)17-21-18-33-24(29-21)9-11-28-26(33)32-14-12-31(13-15-32)19-22-7-4-16-34-22/h3,6,9-11,18,22-23H,2,4-5,7-8,12-17,19H2,1H3. The van der Waals surface area contributed by atoms with E-state index in [9.17, 15) is 0 Å². The van der Waals surface area contributed by atoms with Gasteiger partial charge in [0.25, 0.3) is 0 Å². The number of hydrogen-bond donors (Lipinski definition) is 0. The maximum absolute atomic E-state index is 5.83. The molecule has 0 radical (unpaired) electrons. The number of imidazole rings is 1. The summed E-state index contributed by atoms with van der Waals surface area (Å²) in [7, 11) is 2.20. The first-order valence-corrected chi connectivity index (χ1v) is 12.8. The average Bonchev–Trinajstić information content (AvgIpc) is 3.53. The summed E-state index contributed by atoms with van der Waals surface area (Å²) in [4.78, 5) is 21.8. The van der Waals surface area contributed by atoms with Crippen LogP contribution in [0.1, 0.15) is 48.7 Å². The van der Waals surface area contributed by atoms with Gasteiger partial charge in [0.05, 0.1) is 23.5 Å². The smallest absolute Gasteiger partial charge is 0.211 e. The van der Waals surface area contributed by atoms with Crippen molar-refractivity contribution in [2.75, 3.05) is 51.3 Å². The second-order valence-electron chi connectivity index (χ2n) is 10.00. The Morgan fingerprint density at radius 2 is 1.97 bits per heavy atom. The Labute approximate surface area is 201 Å². The Balaban J connectivity index is 1.15. The van der Waals surface area contributed by atoms with Crippen LogP contribution in [-0.2, 0) is 17.7 Å². The van der Waals surface area contributed by atoms with Gasteiger partial charge in [-0.2, -0.15) is 0 Å². The molecule has 3 aromatic heterocycles. The van der Waals surface area contributed by atoms with Crippen molar-refractivity contribution in [3.63, 3.8) is 0 Å². The lowest BCUT2D eigenvalue weighted by molar-refractivity contribution is 0.0711. The predicted octanol–water partition coefficient (Wildman–Crippen LogP) is 2.93. The summed E-state index contributed by atoms with van der Waals surface area (Å²) < 4.78 is 8.01. The molecule has 34 heavy (non-hydrogen) atoms. The number of aryl methyl sites for hydroxylation is 1. The number of piperazine rings is 1. The van der Waals surface area contributed by atoms with Gasteiger partial charge in [-0.15, -0.1) is 0 Å². The van der Waals surface area contributed by atoms with E-state index < -0.39 is 0 Å². The first-order chi connectivity index (χ1) is 16.7. The van der Waals surface area contributed by atoms with Crippen molar-refractivity contribution in [3.8, 4) is 0 Å². The van der Waals surface area contributed by atoms with Crippen LogP contribution in [0.15, 0.2) is 36.8 Å². The third-order valence-electron chi connectivity index (χ3n) is 7.66. The second-order valence-corrected chi connectivity index (χ2v) is 10.00. The molecule has 0 bridgehead atoms. The molecule has 1 aliphatic carbocycles. The number of pyridine rings is 1. The van der Waals surface area contributed by atoms with Gasteiger partial charge in [0.1, 0.15) is 5.65 Å². The molecule has 8 nitrogen and oxygen atoms in total. The maximum Gasteiger partial charge on any atom is 0.211 e. The van der Waals surface area contributed by atoms with Gasteiger partial charge in [-0.05, 0) is 56.8 Å². The van der Waals surface area contributed by atoms with E-state index in [0.29, 0.717) is 12.1 Å². The topological polar surface area (TPSA) is 62.0 Å². The fraction of sp³-hybridized carbons (Fsp3) is 0.577. The summed E-state index contributed by atoms with van der Waals surface area (Å²) in [6, 6.07) is 6.65. The van der Waals surface area contributed by atoms with Crippen LogP contribution in [0.2, 0.25) is 0 Å². The lowest BCUT2D eigenvalue weighted by Gasteiger charge is -2.36. The molecule has 0 saturated carbocycles. The van der Waals surface area contributed by atoms with Gasteiger partial charge in [-0.25, -0.2) is 9.97 Å². The molecule has 0 aromatic carbocycles. The molecular weight excluding hydrogens is 426 g/mol. The van der Waals surface area contributed by atoms with Crippen molar-refractivity contribution < 1.29 is 4.74 Å². The highest BCUT2D eigenvalue weighted by Gasteiger charge is 2.27. The molecule has 2 fully saturated rings. The van der Waals surface area contributed by atoms with Crippen LogP contribution in [0, 0.1) is 0 Å². The Bertz CT molecular complexity index is 1120. The number of hydrogen-bond acceptors (Lipinski definition) is 7. The Kier molecular flexibility index (Phi) is 6.20. The van der Waals surface area contributed by atoms with Crippen LogP contribution in [0.5, 0.6) is 0 Å². The summed E-state index contributed by atoms with van der Waals surface area (Å²) in [5.74, 6) is 1.00. The van der Waals surface area contributed by atoms with E-state index in [2.05, 4.69) is 44.5 Å². The highest BCUT2D eigenvalue weighted by molar-refractivity contribution is 5.48. The van der Waals surface area contributed by atoms with E-state index in [1.807, 2.05) is 18.5 Å². The van der Waals surface area contributed by atoms with E-state index in [1.54, 1.807) is 0 Å². The molecule has 8 heteroatoms. The van der Waals surface area contributed by atoms with Gasteiger partial charge in [-0.1, -0.05) is 6.07 Å². The summed E-state index contributed by atoms with van der Waals surface area (Å²) in [6.07, 6.45) is 12.3. The van der Waals surface area contributed by atoms with E-state index in [0.717, 1.165) is 76.0 Å². The van der Waals surface area contributed by atoms with Crippen molar-refractivity contribution >= 4 is 11.6 Å². The molecule has 0 spiro atoms. The quantitative estimate of drug-likeness (QED) is 0.559. The van der Waals surface area contributed by atoms with Crippen LogP contribution >= 0.6 is 0 Å². The van der Waals surface area contributed by atoms with Crippen molar-refractivity contribution in [2.24, 2.45) is 0 Å². The Morgan fingerprint density at radius 3 is 2.82 bits per heavy atom. The number of rotatable bonds is 6. The highest BCUT2D eigenvalue weighted by Crippen LogP contribution is 2.32. The fourth-order valence-corrected chi connectivity index (χ4v) is 5.85. The molecule has 3 aromatic rings. The van der Waals surface area contributed by atoms with Gasteiger partial charge in [0.15, 0.2) is 0 Å². The van der Waals surface area contributed by atoms with E-state index in [4.69, 9.17) is 19.7 Å². The van der Waals surface area contributed by atoms with Crippen molar-refractivity contribution in [1.29, 1.82) is 0 Å². The Morgan fingerprint density at radius 1 is 1.06 bits per heavy atom. The lowest BCUT2D eigenvalue weighted by atomic mass is 9.91. The largest absolute Gasteiger partial charge is 0.377 e. The molecule has 6 rings (SSSR count). The zero-order valence-corrected chi connectivity index (χ0v) is 20.1. The number of nitrogens with zero attached hydrogens (tertiary/aromatic N) is 7. The molecular formula is C26H35N7O. The first-order valence-electron chi connectivity index (χ1n) is 12.8. The number of aromatic nitrogens is 4. The van der Waals surface area contributed by atoms with Crippen molar-refractivity contribution in [1.82, 2.24) is 29.2 Å². The molecule has 3 aliphatic rings. The van der Waals surface area contributed by atoms with Crippen LogP contribution in [-0.4, -0.2) is 81.6 Å². The molecule has 2 atom stereocenters. The molecule has 2 aliphatic heterocycles. The summed E-state index contributed by atoms with van der Waals surface area (Å²) in [6.45, 7) is 6.86. The highest BCUT2D eigenvalue weighted by atomic mass is 16.5. The molecule has 0 amide bonds. The molecule has 180 valence electrons. The van der Waals surface area contributed by atoms with Crippen LogP contribution in [0.4, 0.5) is 5.95 Å². The SMILES string of the molecule is CN(Cc1cn2c(N3CCN(CC4CCCO4)CC3)nccc2n1)C1CCCc2cccnc21. The van der Waals surface area contributed by atoms with Gasteiger partial charge in [0.2, 0.25) is 5.95 Å². The zero-order chi connectivity index (χ0) is 22.9. The van der Waals surface area contributed by atoms with Crippen molar-refractivity contribution in [3.05, 3.63) is 53.7 Å². The molecule has 5 heterocycles. The summed E-state index contributed by atoms with van der Waals surface area (Å²) in [5.41, 5.74) is 4.68. The third-order valence-corrected chi connectivity index (χ3v) is 7.66. The minimum Gasteiger partial charge on any atom is -0.377 e. The normalized spacial score (nSPS) is 23.6. The molecule has 2 saturated heterocycles. The maximum atomic E-state index is 5.83. The molecule has 0 N–H and O–H groups in total. The van der Waals surface area contributed by atoms with Gasteiger partial charge < -0.3 is 9.64 Å². The van der Waals surface area contributed by atoms with Crippen molar-refractivity contribution in [2.45, 2.75) is 50.8 Å². The summed E-state index contributed by atoms with van der Waals surface area (Å²) >= 11 is 0. The monoisotopic (exact) mass is 461 g/mol. The van der Waals surface area contributed by atoms with E-state index >= 15 is 0 Å². The Hall–Kier alpha value is -2.55. The average molecular weight is 462 g/mol. The fourth-order valence-electron chi connectivity index (χ4n) is 5.85. The third kappa shape index (κ3) is 4.42. The number of fused-ring (bicyclic) bond motifs is 2. The molecule has 2 unspecified atom stereocenters. The predicted molar refractivity (Wildman–Crippen MR) is 132 cm³/mol. The van der Waals surface area contributed by atoms with Gasteiger partial charge in [-0.3, -0.25) is 19.2 Å². The first kappa shape index (κ1) is 21.9. The minimum atomic E-state index is 0.351. The zero-order valence-electron chi connectivity index (χ0n) is 20.1. The van der Waals surface area contributed by atoms with Crippen LogP contribution in [0.3, 0.4) is 0 Å². The van der Waals surface area contributed by atoms with Gasteiger partial charge >= 0.3 is 0 Å². The van der Waals surface area contributed by atoms with E-state index in [-0.39, 0.29) is 0 Å². The minimum absolute atomic E-state index is 0.351. The van der Waals surface area contributed by atoms with Crippen LogP contribution < -0.4 is 4.90 Å². The lowest BCUT2D eigenvalue weighted by Crippen LogP contribution is -2.49. The van der Waals surface area contributed by atoms with Crippen LogP contribution in [0.25, 0.3) is 5.65 Å². The second kappa shape index (κ2) is 9.60. The van der Waals surface area contributed by atoms with Gasteiger partial charge in [0, 0.05) is 64.5 Å². The summed E-state index contributed by atoms with van der Waals surface area (Å²) in [5, 5.41) is 0. The number of anilines is 1.